The smallest absolute Gasteiger partial charge is 0.303 e. The number of rotatable bonds is 5. The lowest BCUT2D eigenvalue weighted by Crippen LogP contribution is -2.49. The maximum Gasteiger partial charge on any atom is 0.303 e. The van der Waals surface area contributed by atoms with Gasteiger partial charge in [-0.15, -0.1) is 0 Å². The third-order valence-electron chi connectivity index (χ3n) is 5.98. The average Bonchev–Trinajstić information content (AvgIpc) is 3.18. The highest BCUT2D eigenvalue weighted by Crippen LogP contribution is 2.47. The summed E-state index contributed by atoms with van der Waals surface area (Å²) < 4.78 is 9.57. The Morgan fingerprint density at radius 3 is 2.34 bits per heavy atom. The van der Waals surface area contributed by atoms with Crippen LogP contribution in [0.15, 0.2) is 48.0 Å². The van der Waals surface area contributed by atoms with E-state index in [1.54, 1.807) is 30.3 Å². The predicted octanol–water partition coefficient (Wildman–Crippen LogP) is 4.10. The Morgan fingerprint density at radius 1 is 1.03 bits per heavy atom. The molecule has 0 atom stereocenters. The molecular formula is C23H23NO5. The molecule has 0 amide bonds. The number of carbonyl (C=O) groups excluding carboxylic acids is 2. The molecule has 2 N–H and O–H groups in total. The number of aliphatic hydroxyl groups is 1. The Labute approximate surface area is 169 Å². The minimum atomic E-state index is -1.12. The molecule has 0 radical (unpaired) electrons. The molecular weight excluding hydrogens is 370 g/mol. The highest BCUT2D eigenvalue weighted by atomic mass is 16.4. The van der Waals surface area contributed by atoms with Gasteiger partial charge in [0.25, 0.3) is 0 Å². The number of ketones is 2. The molecule has 29 heavy (non-hydrogen) atoms. The van der Waals surface area contributed by atoms with E-state index in [1.165, 1.54) is 0 Å². The van der Waals surface area contributed by atoms with Crippen molar-refractivity contribution in [1.82, 2.24) is 4.57 Å². The molecule has 6 heteroatoms. The third-order valence-corrected chi connectivity index (χ3v) is 5.98. The van der Waals surface area contributed by atoms with Crippen molar-refractivity contribution in [2.75, 3.05) is 0 Å². The maximum absolute atomic E-state index is 13.7. The van der Waals surface area contributed by atoms with E-state index in [0.717, 1.165) is 30.5 Å². The largest absolute Gasteiger partial charge is 0.505 e. The molecule has 2 aliphatic rings. The fourth-order valence-electron chi connectivity index (χ4n) is 4.63. The molecule has 2 aromatic rings. The molecule has 0 bridgehead atoms. The van der Waals surface area contributed by atoms with Crippen molar-refractivity contribution < 1.29 is 26.0 Å². The van der Waals surface area contributed by atoms with Crippen LogP contribution in [0.3, 0.4) is 0 Å². The van der Waals surface area contributed by atoms with Gasteiger partial charge in [0.15, 0.2) is 17.3 Å². The fourth-order valence-corrected chi connectivity index (χ4v) is 4.63. The Balaban J connectivity index is 1.89. The number of carboxylic acids is 1. The van der Waals surface area contributed by atoms with Crippen LogP contribution in [0, 0.1) is 0 Å². The first-order chi connectivity index (χ1) is 14.3. The Hall–Kier alpha value is -3.15. The number of aliphatic carboxylic acids is 1. The molecule has 1 saturated carbocycles. The summed E-state index contributed by atoms with van der Waals surface area (Å²) in [6.45, 7) is 0. The number of aliphatic hydroxyl groups excluding tert-OH is 1. The number of carboxylic acid groups (broad SMARTS) is 1. The van der Waals surface area contributed by atoms with E-state index in [4.69, 9.17) is 6.48 Å². The first kappa shape index (κ1) is 17.9. The number of hydrogen-bond donors (Lipinski definition) is 2. The average molecular weight is 394 g/mol. The molecule has 0 saturated heterocycles. The highest BCUT2D eigenvalue weighted by Gasteiger charge is 2.50. The number of aromatic nitrogens is 1. The zero-order chi connectivity index (χ0) is 21.5. The van der Waals surface area contributed by atoms with Crippen LogP contribution < -0.4 is 0 Å². The van der Waals surface area contributed by atoms with E-state index in [0.29, 0.717) is 24.6 Å². The number of benzene rings is 1. The molecule has 1 fully saturated rings. The van der Waals surface area contributed by atoms with Gasteiger partial charge >= 0.3 is 5.97 Å². The quantitative estimate of drug-likeness (QED) is 0.744. The summed E-state index contributed by atoms with van der Waals surface area (Å²) >= 11 is 0. The van der Waals surface area contributed by atoms with E-state index in [-0.39, 0.29) is 24.2 Å². The number of allylic oxidation sites excluding steroid dienone is 1. The van der Waals surface area contributed by atoms with Crippen LogP contribution in [0.25, 0.3) is 17.0 Å². The van der Waals surface area contributed by atoms with E-state index in [2.05, 4.69) is 0 Å². The molecule has 4 rings (SSSR count). The molecule has 1 aromatic carbocycles. The number of carbonyl (C=O) groups is 3. The monoisotopic (exact) mass is 394 g/mol. The molecule has 2 heterocycles. The van der Waals surface area contributed by atoms with Crippen molar-refractivity contribution in [1.29, 1.82) is 0 Å². The van der Waals surface area contributed by atoms with Gasteiger partial charge in [0.2, 0.25) is 0 Å². The van der Waals surface area contributed by atoms with Crippen LogP contribution in [-0.4, -0.2) is 32.3 Å². The third kappa shape index (κ3) is 3.09. The molecule has 1 spiro atoms. The second-order valence-corrected chi connectivity index (χ2v) is 7.69. The lowest BCUT2D eigenvalue weighted by Gasteiger charge is -2.42. The summed E-state index contributed by atoms with van der Waals surface area (Å²) in [6.07, 6.45) is 3.04. The van der Waals surface area contributed by atoms with E-state index in [1.807, 2.05) is 10.6 Å². The van der Waals surface area contributed by atoms with Crippen molar-refractivity contribution in [2.45, 2.75) is 50.5 Å². The van der Waals surface area contributed by atoms with E-state index >= 15 is 0 Å². The summed E-state index contributed by atoms with van der Waals surface area (Å²) in [5.41, 5.74) is 0.746. The zero-order valence-electron chi connectivity index (χ0n) is 17.0. The first-order valence-corrected chi connectivity index (χ1v) is 9.88. The standard InChI is InChI=1S/C23H23NO5/c25-18(11-12-19(26)27)20-21(28)17-10-9-16(15-7-3-1-4-8-15)24(17)23(22(20)29)13-5-2-6-14-23/h1,3-4,7-10,28H,2,5-6,11-14H2,(H,26,27)/i1D. The van der Waals surface area contributed by atoms with Gasteiger partial charge in [0, 0.05) is 12.1 Å². The van der Waals surface area contributed by atoms with Crippen molar-refractivity contribution in [3.8, 4) is 11.3 Å². The molecule has 0 unspecified atom stereocenters. The van der Waals surface area contributed by atoms with Crippen LogP contribution >= 0.6 is 0 Å². The maximum atomic E-state index is 13.7. The molecule has 1 aliphatic carbocycles. The minimum absolute atomic E-state index is 0.267. The summed E-state index contributed by atoms with van der Waals surface area (Å²) in [6, 6.07) is 10.8. The van der Waals surface area contributed by atoms with Gasteiger partial charge in [-0.05, 0) is 30.5 Å². The van der Waals surface area contributed by atoms with Crippen molar-refractivity contribution >= 4 is 23.3 Å². The van der Waals surface area contributed by atoms with Gasteiger partial charge in [-0.2, -0.15) is 0 Å². The summed E-state index contributed by atoms with van der Waals surface area (Å²) in [7, 11) is 0. The minimum Gasteiger partial charge on any atom is -0.505 e. The van der Waals surface area contributed by atoms with Crippen LogP contribution in [0.2, 0.25) is 0 Å². The highest BCUT2D eigenvalue weighted by molar-refractivity contribution is 6.27. The van der Waals surface area contributed by atoms with Crippen molar-refractivity contribution in [3.63, 3.8) is 0 Å². The van der Waals surface area contributed by atoms with E-state index < -0.39 is 23.1 Å². The van der Waals surface area contributed by atoms with Crippen LogP contribution in [-0.2, 0) is 19.9 Å². The SMILES string of the molecule is [2H]c1ccc(-c2ccc3n2C2(CCCCC2)C(=O)C(C(=O)CCC(=O)O)=C3O)cc1. The summed E-state index contributed by atoms with van der Waals surface area (Å²) in [4.78, 5) is 37.3. The fraction of sp³-hybridized carbons (Fsp3) is 0.348. The van der Waals surface area contributed by atoms with Crippen molar-refractivity contribution in [2.24, 2.45) is 0 Å². The molecule has 150 valence electrons. The topological polar surface area (TPSA) is 96.6 Å². The normalized spacial score (nSPS) is 18.5. The lowest BCUT2D eigenvalue weighted by molar-refractivity contribution is -0.138. The number of hydrogen-bond acceptors (Lipinski definition) is 4. The summed E-state index contributed by atoms with van der Waals surface area (Å²) in [5.74, 6) is -2.55. The number of Topliss-reactive ketones (excluding diaryl/α,β-unsaturated/α-hetero) is 2. The molecule has 1 aliphatic heterocycles. The Morgan fingerprint density at radius 2 is 1.69 bits per heavy atom. The number of nitrogens with zero attached hydrogens (tertiary/aromatic N) is 1. The van der Waals surface area contributed by atoms with E-state index in [9.17, 15) is 19.5 Å². The van der Waals surface area contributed by atoms with Gasteiger partial charge in [-0.3, -0.25) is 14.4 Å². The van der Waals surface area contributed by atoms with Crippen molar-refractivity contribution in [3.05, 3.63) is 53.7 Å². The second kappa shape index (κ2) is 7.35. The summed E-state index contributed by atoms with van der Waals surface area (Å²) in [5, 5.41) is 19.8. The van der Waals surface area contributed by atoms with Gasteiger partial charge in [-0.1, -0.05) is 49.6 Å². The van der Waals surface area contributed by atoms with Crippen LogP contribution in [0.5, 0.6) is 0 Å². The first-order valence-electron chi connectivity index (χ1n) is 10.4. The lowest BCUT2D eigenvalue weighted by atomic mass is 9.72. The Bertz CT molecular complexity index is 1060. The second-order valence-electron chi connectivity index (χ2n) is 7.69. The zero-order valence-corrected chi connectivity index (χ0v) is 16.0. The number of fused-ring (bicyclic) bond motifs is 2. The Kier molecular flexibility index (Phi) is 4.54. The van der Waals surface area contributed by atoms with Crippen LogP contribution in [0.4, 0.5) is 0 Å². The van der Waals surface area contributed by atoms with Gasteiger partial charge in [-0.25, -0.2) is 0 Å². The molecule has 1 aromatic heterocycles. The van der Waals surface area contributed by atoms with Gasteiger partial charge in [0.05, 0.1) is 13.5 Å². The molecule has 6 nitrogen and oxygen atoms in total. The predicted molar refractivity (Wildman–Crippen MR) is 107 cm³/mol. The van der Waals surface area contributed by atoms with Gasteiger partial charge in [0.1, 0.15) is 11.1 Å². The van der Waals surface area contributed by atoms with Crippen LogP contribution in [0.1, 0.15) is 52.0 Å². The van der Waals surface area contributed by atoms with Gasteiger partial charge < -0.3 is 14.8 Å².